The Morgan fingerprint density at radius 2 is 2.06 bits per heavy atom. The van der Waals surface area contributed by atoms with Crippen LogP contribution in [0.5, 0.6) is 0 Å². The fourth-order valence-corrected chi connectivity index (χ4v) is 3.24. The fourth-order valence-electron chi connectivity index (χ4n) is 2.94. The topological polar surface area (TPSA) is 3.24 Å². The second kappa shape index (κ2) is 8.41. The fraction of sp³-hybridized carbons (Fsp3) is 1.00. The molecule has 0 amide bonds. The molecule has 0 bridgehead atoms. The van der Waals surface area contributed by atoms with Gasteiger partial charge in [-0.3, -0.25) is 0 Å². The molecule has 0 spiro atoms. The van der Waals surface area contributed by atoms with Gasteiger partial charge in [-0.1, -0.05) is 33.1 Å². The third kappa shape index (κ3) is 4.67. The SMILES string of the molecule is CCCC(CS)CN1CCCCC1CCC. The van der Waals surface area contributed by atoms with Crippen molar-refractivity contribution >= 4 is 12.6 Å². The van der Waals surface area contributed by atoms with E-state index in [2.05, 4.69) is 31.4 Å². The average Bonchev–Trinajstić information content (AvgIpc) is 2.31. The van der Waals surface area contributed by atoms with E-state index in [0.29, 0.717) is 0 Å². The number of likely N-dealkylation sites (tertiary alicyclic amines) is 1. The van der Waals surface area contributed by atoms with Crippen LogP contribution in [0.3, 0.4) is 0 Å². The van der Waals surface area contributed by atoms with Crippen LogP contribution in [-0.2, 0) is 0 Å². The van der Waals surface area contributed by atoms with E-state index in [1.807, 2.05) is 0 Å². The molecular formula is C14H29NS. The molecular weight excluding hydrogens is 214 g/mol. The lowest BCUT2D eigenvalue weighted by molar-refractivity contribution is 0.120. The Morgan fingerprint density at radius 3 is 2.69 bits per heavy atom. The zero-order valence-corrected chi connectivity index (χ0v) is 12.0. The summed E-state index contributed by atoms with van der Waals surface area (Å²) < 4.78 is 0. The van der Waals surface area contributed by atoms with Crippen LogP contribution in [-0.4, -0.2) is 29.8 Å². The van der Waals surface area contributed by atoms with Crippen LogP contribution in [0.25, 0.3) is 0 Å². The van der Waals surface area contributed by atoms with Gasteiger partial charge in [0.05, 0.1) is 0 Å². The molecule has 1 aliphatic heterocycles. The van der Waals surface area contributed by atoms with E-state index < -0.39 is 0 Å². The minimum absolute atomic E-state index is 0.811. The second-order valence-electron chi connectivity index (χ2n) is 5.27. The number of hydrogen-bond donors (Lipinski definition) is 1. The standard InChI is InChI=1S/C14H29NS/c1-3-7-13(12-16)11-15-10-6-5-9-14(15)8-4-2/h13-14,16H,3-12H2,1-2H3. The monoisotopic (exact) mass is 243 g/mol. The maximum atomic E-state index is 4.50. The lowest BCUT2D eigenvalue weighted by atomic mass is 9.95. The van der Waals surface area contributed by atoms with Gasteiger partial charge in [0.1, 0.15) is 0 Å². The molecule has 2 unspecified atom stereocenters. The highest BCUT2D eigenvalue weighted by atomic mass is 32.1. The largest absolute Gasteiger partial charge is 0.300 e. The molecule has 1 fully saturated rings. The van der Waals surface area contributed by atoms with E-state index >= 15 is 0 Å². The Balaban J connectivity index is 2.40. The lowest BCUT2D eigenvalue weighted by Crippen LogP contribution is -2.42. The molecule has 1 rings (SSSR count). The van der Waals surface area contributed by atoms with Crippen molar-refractivity contribution in [3.8, 4) is 0 Å². The van der Waals surface area contributed by atoms with Crippen LogP contribution in [0, 0.1) is 5.92 Å². The first-order chi connectivity index (χ1) is 7.81. The first-order valence-electron chi connectivity index (χ1n) is 7.16. The molecule has 1 saturated heterocycles. The summed E-state index contributed by atoms with van der Waals surface area (Å²) in [5.74, 6) is 1.87. The van der Waals surface area contributed by atoms with Crippen LogP contribution in [0.2, 0.25) is 0 Å². The number of rotatable bonds is 7. The molecule has 16 heavy (non-hydrogen) atoms. The first-order valence-corrected chi connectivity index (χ1v) is 7.79. The van der Waals surface area contributed by atoms with Crippen LogP contribution in [0.1, 0.15) is 58.8 Å². The molecule has 0 aromatic heterocycles. The Bertz CT molecular complexity index is 170. The van der Waals surface area contributed by atoms with Gasteiger partial charge in [-0.25, -0.2) is 0 Å². The highest BCUT2D eigenvalue weighted by Crippen LogP contribution is 2.23. The van der Waals surface area contributed by atoms with Gasteiger partial charge in [0, 0.05) is 12.6 Å². The van der Waals surface area contributed by atoms with Gasteiger partial charge in [-0.2, -0.15) is 12.6 Å². The summed E-state index contributed by atoms with van der Waals surface area (Å²) in [6.07, 6.45) is 9.66. The molecule has 0 aromatic carbocycles. The average molecular weight is 243 g/mol. The summed E-state index contributed by atoms with van der Waals surface area (Å²) in [5, 5.41) is 0. The molecule has 0 aromatic rings. The van der Waals surface area contributed by atoms with Crippen molar-refractivity contribution in [2.24, 2.45) is 5.92 Å². The summed E-state index contributed by atoms with van der Waals surface area (Å²) >= 11 is 4.50. The van der Waals surface area contributed by atoms with E-state index in [9.17, 15) is 0 Å². The smallest absolute Gasteiger partial charge is 0.00952 e. The van der Waals surface area contributed by atoms with Gasteiger partial charge in [-0.15, -0.1) is 0 Å². The molecule has 0 N–H and O–H groups in total. The molecule has 1 heterocycles. The van der Waals surface area contributed by atoms with Gasteiger partial charge < -0.3 is 4.90 Å². The molecule has 1 nitrogen and oxygen atoms in total. The van der Waals surface area contributed by atoms with Gasteiger partial charge in [0.25, 0.3) is 0 Å². The highest BCUT2D eigenvalue weighted by molar-refractivity contribution is 7.80. The third-order valence-corrected chi connectivity index (χ3v) is 4.34. The molecule has 0 saturated carbocycles. The number of piperidine rings is 1. The van der Waals surface area contributed by atoms with Crippen molar-refractivity contribution in [1.29, 1.82) is 0 Å². The van der Waals surface area contributed by atoms with Crippen LogP contribution >= 0.6 is 12.6 Å². The van der Waals surface area contributed by atoms with E-state index in [1.165, 1.54) is 58.0 Å². The molecule has 2 atom stereocenters. The Morgan fingerprint density at radius 1 is 1.25 bits per heavy atom. The van der Waals surface area contributed by atoms with E-state index in [0.717, 1.165) is 17.7 Å². The third-order valence-electron chi connectivity index (χ3n) is 3.82. The van der Waals surface area contributed by atoms with E-state index in [-0.39, 0.29) is 0 Å². The van der Waals surface area contributed by atoms with E-state index in [4.69, 9.17) is 0 Å². The van der Waals surface area contributed by atoms with Crippen molar-refractivity contribution in [2.75, 3.05) is 18.8 Å². The minimum Gasteiger partial charge on any atom is -0.300 e. The molecule has 0 radical (unpaired) electrons. The normalized spacial score (nSPS) is 24.6. The van der Waals surface area contributed by atoms with Crippen molar-refractivity contribution < 1.29 is 0 Å². The van der Waals surface area contributed by atoms with Crippen LogP contribution in [0.15, 0.2) is 0 Å². The van der Waals surface area contributed by atoms with E-state index in [1.54, 1.807) is 0 Å². The van der Waals surface area contributed by atoms with Gasteiger partial charge in [-0.05, 0) is 43.9 Å². The van der Waals surface area contributed by atoms with Crippen molar-refractivity contribution in [3.63, 3.8) is 0 Å². The van der Waals surface area contributed by atoms with Crippen LogP contribution < -0.4 is 0 Å². The van der Waals surface area contributed by atoms with Gasteiger partial charge >= 0.3 is 0 Å². The zero-order chi connectivity index (χ0) is 11.8. The number of thiol groups is 1. The predicted octanol–water partition coefficient (Wildman–Crippen LogP) is 3.99. The van der Waals surface area contributed by atoms with Gasteiger partial charge in [0.2, 0.25) is 0 Å². The summed E-state index contributed by atoms with van der Waals surface area (Å²) in [4.78, 5) is 2.75. The quantitative estimate of drug-likeness (QED) is 0.662. The Kier molecular flexibility index (Phi) is 7.55. The Labute approximate surface area is 107 Å². The maximum absolute atomic E-state index is 4.50. The molecule has 96 valence electrons. The van der Waals surface area contributed by atoms with Crippen molar-refractivity contribution in [1.82, 2.24) is 4.90 Å². The van der Waals surface area contributed by atoms with Crippen molar-refractivity contribution in [2.45, 2.75) is 64.8 Å². The maximum Gasteiger partial charge on any atom is 0.00952 e. The highest BCUT2D eigenvalue weighted by Gasteiger charge is 2.23. The predicted molar refractivity (Wildman–Crippen MR) is 76.4 cm³/mol. The first kappa shape index (κ1) is 14.4. The Hall–Kier alpha value is 0.310. The summed E-state index contributed by atoms with van der Waals surface area (Å²) in [7, 11) is 0. The number of nitrogens with zero attached hydrogens (tertiary/aromatic N) is 1. The molecule has 1 aliphatic rings. The summed E-state index contributed by atoms with van der Waals surface area (Å²) in [6, 6.07) is 0.873. The lowest BCUT2D eigenvalue weighted by Gasteiger charge is -2.37. The minimum atomic E-state index is 0.811. The summed E-state index contributed by atoms with van der Waals surface area (Å²) in [6.45, 7) is 7.23. The van der Waals surface area contributed by atoms with Crippen molar-refractivity contribution in [3.05, 3.63) is 0 Å². The summed E-state index contributed by atoms with van der Waals surface area (Å²) in [5.41, 5.74) is 0. The number of hydrogen-bond acceptors (Lipinski definition) is 2. The zero-order valence-electron chi connectivity index (χ0n) is 11.1. The van der Waals surface area contributed by atoms with Crippen LogP contribution in [0.4, 0.5) is 0 Å². The van der Waals surface area contributed by atoms with Gasteiger partial charge in [0.15, 0.2) is 0 Å². The molecule has 2 heteroatoms. The molecule has 0 aliphatic carbocycles. The second-order valence-corrected chi connectivity index (χ2v) is 5.64.